The van der Waals surface area contributed by atoms with Gasteiger partial charge in [0.05, 0.1) is 0 Å². The number of hydrogen-bond donors (Lipinski definition) is 2. The number of thiophene rings is 1. The predicted octanol–water partition coefficient (Wildman–Crippen LogP) is 2.17. The lowest BCUT2D eigenvalue weighted by Crippen LogP contribution is -2.31. The number of hydrogen-bond acceptors (Lipinski definition) is 3. The Hall–Kier alpha value is -0.820. The normalized spacial score (nSPS) is 14.5. The van der Waals surface area contributed by atoms with Gasteiger partial charge in [-0.2, -0.15) is 0 Å². The fraction of sp³-hybridized carbons (Fsp3) is 0.500. The van der Waals surface area contributed by atoms with Crippen molar-refractivity contribution < 1.29 is 5.11 Å². The summed E-state index contributed by atoms with van der Waals surface area (Å²) in [7, 11) is 0. The molecule has 2 N–H and O–H groups in total. The summed E-state index contributed by atoms with van der Waals surface area (Å²) in [6, 6.07) is 4.20. The molecule has 0 aliphatic carbocycles. The molecule has 0 fully saturated rings. The van der Waals surface area contributed by atoms with Gasteiger partial charge in [-0.1, -0.05) is 13.0 Å². The Morgan fingerprint density at radius 3 is 3.00 bits per heavy atom. The van der Waals surface area contributed by atoms with Gasteiger partial charge in [-0.05, 0) is 17.9 Å². The van der Waals surface area contributed by atoms with Gasteiger partial charge in [0, 0.05) is 23.9 Å². The van der Waals surface area contributed by atoms with Crippen LogP contribution in [0.2, 0.25) is 0 Å². The number of aliphatic hydroxyl groups excluding tert-OH is 1. The maximum absolute atomic E-state index is 9.82. The topological polar surface area (TPSA) is 32.3 Å². The molecule has 1 aromatic rings. The highest BCUT2D eigenvalue weighted by molar-refractivity contribution is 7.10. The van der Waals surface area contributed by atoms with Crippen molar-refractivity contribution in [2.24, 2.45) is 0 Å². The van der Waals surface area contributed by atoms with Gasteiger partial charge < -0.3 is 10.4 Å². The Kier molecular flexibility index (Phi) is 5.41. The van der Waals surface area contributed by atoms with E-state index in [4.69, 9.17) is 6.42 Å². The Bertz CT molecular complexity index is 302. The van der Waals surface area contributed by atoms with Gasteiger partial charge in [0.1, 0.15) is 6.10 Å². The number of aliphatic hydroxyl groups is 1. The molecule has 0 saturated heterocycles. The Morgan fingerprint density at radius 2 is 2.47 bits per heavy atom. The van der Waals surface area contributed by atoms with Crippen molar-refractivity contribution in [3.8, 4) is 12.3 Å². The second-order valence-electron chi connectivity index (χ2n) is 3.45. The first kappa shape index (κ1) is 12.3. The molecule has 15 heavy (non-hydrogen) atoms. The second kappa shape index (κ2) is 6.62. The summed E-state index contributed by atoms with van der Waals surface area (Å²) in [6.07, 6.45) is 6.54. The zero-order valence-electron chi connectivity index (χ0n) is 8.94. The average molecular weight is 223 g/mol. The Labute approximate surface area is 95.3 Å². The molecule has 82 valence electrons. The van der Waals surface area contributed by atoms with Gasteiger partial charge in [0.25, 0.3) is 0 Å². The fourth-order valence-corrected chi connectivity index (χ4v) is 2.07. The third-order valence-electron chi connectivity index (χ3n) is 2.33. The SMILES string of the molecule is C#CCC(CC)NCC(O)c1cccs1. The van der Waals surface area contributed by atoms with Gasteiger partial charge in [-0.15, -0.1) is 23.7 Å². The molecule has 0 aliphatic heterocycles. The minimum atomic E-state index is -0.420. The standard InChI is InChI=1S/C12H17NOS/c1-3-6-10(4-2)13-9-11(14)12-7-5-8-15-12/h1,5,7-8,10-11,13-14H,4,6,9H2,2H3. The molecule has 2 unspecified atom stereocenters. The number of terminal acetylenes is 1. The molecular weight excluding hydrogens is 206 g/mol. The molecule has 0 spiro atoms. The highest BCUT2D eigenvalue weighted by Crippen LogP contribution is 2.17. The van der Waals surface area contributed by atoms with Gasteiger partial charge in [0.15, 0.2) is 0 Å². The van der Waals surface area contributed by atoms with Crippen LogP contribution >= 0.6 is 11.3 Å². The summed E-state index contributed by atoms with van der Waals surface area (Å²) in [5.41, 5.74) is 0. The predicted molar refractivity (Wildman–Crippen MR) is 64.8 cm³/mol. The lowest BCUT2D eigenvalue weighted by atomic mass is 10.1. The quantitative estimate of drug-likeness (QED) is 0.724. The van der Waals surface area contributed by atoms with Crippen LogP contribution in [-0.4, -0.2) is 17.7 Å². The van der Waals surface area contributed by atoms with E-state index in [1.165, 1.54) is 0 Å². The molecule has 1 rings (SSSR count). The lowest BCUT2D eigenvalue weighted by Gasteiger charge is -2.16. The molecule has 0 amide bonds. The third-order valence-corrected chi connectivity index (χ3v) is 3.30. The van der Waals surface area contributed by atoms with Crippen LogP contribution in [0.3, 0.4) is 0 Å². The highest BCUT2D eigenvalue weighted by Gasteiger charge is 2.10. The summed E-state index contributed by atoms with van der Waals surface area (Å²) in [5.74, 6) is 2.64. The van der Waals surface area contributed by atoms with E-state index in [2.05, 4.69) is 18.2 Å². The summed E-state index contributed by atoms with van der Waals surface area (Å²) in [5, 5.41) is 15.1. The summed E-state index contributed by atoms with van der Waals surface area (Å²) in [4.78, 5) is 0.998. The molecule has 0 aliphatic rings. The molecular formula is C12H17NOS. The number of nitrogens with one attached hydrogen (secondary N) is 1. The summed E-state index contributed by atoms with van der Waals surface area (Å²) >= 11 is 1.57. The van der Waals surface area contributed by atoms with Crippen LogP contribution in [0.15, 0.2) is 17.5 Å². The molecule has 0 saturated carbocycles. The van der Waals surface area contributed by atoms with Crippen molar-refractivity contribution in [2.75, 3.05) is 6.54 Å². The highest BCUT2D eigenvalue weighted by atomic mass is 32.1. The summed E-state index contributed by atoms with van der Waals surface area (Å²) in [6.45, 7) is 2.66. The Balaban J connectivity index is 2.33. The van der Waals surface area contributed by atoms with Crippen LogP contribution in [0, 0.1) is 12.3 Å². The van der Waals surface area contributed by atoms with Gasteiger partial charge >= 0.3 is 0 Å². The van der Waals surface area contributed by atoms with Gasteiger partial charge in [0.2, 0.25) is 0 Å². The lowest BCUT2D eigenvalue weighted by molar-refractivity contribution is 0.173. The van der Waals surface area contributed by atoms with Crippen LogP contribution in [0.5, 0.6) is 0 Å². The van der Waals surface area contributed by atoms with Gasteiger partial charge in [-0.3, -0.25) is 0 Å². The van der Waals surface area contributed by atoms with Gasteiger partial charge in [-0.25, -0.2) is 0 Å². The zero-order valence-corrected chi connectivity index (χ0v) is 9.76. The van der Waals surface area contributed by atoms with Crippen LogP contribution in [0.4, 0.5) is 0 Å². The van der Waals surface area contributed by atoms with E-state index >= 15 is 0 Å². The fourth-order valence-electron chi connectivity index (χ4n) is 1.36. The van der Waals surface area contributed by atoms with Crippen molar-refractivity contribution >= 4 is 11.3 Å². The van der Waals surface area contributed by atoms with Crippen molar-refractivity contribution in [3.05, 3.63) is 22.4 Å². The molecule has 0 bridgehead atoms. The van der Waals surface area contributed by atoms with Crippen molar-refractivity contribution in [3.63, 3.8) is 0 Å². The van der Waals surface area contributed by atoms with Crippen molar-refractivity contribution in [1.29, 1.82) is 0 Å². The van der Waals surface area contributed by atoms with E-state index in [-0.39, 0.29) is 0 Å². The van der Waals surface area contributed by atoms with Crippen LogP contribution in [0.1, 0.15) is 30.7 Å². The van der Waals surface area contributed by atoms with E-state index in [9.17, 15) is 5.11 Å². The van der Waals surface area contributed by atoms with E-state index in [1.54, 1.807) is 11.3 Å². The molecule has 1 aromatic heterocycles. The summed E-state index contributed by atoms with van der Waals surface area (Å²) < 4.78 is 0. The molecule has 3 heteroatoms. The van der Waals surface area contributed by atoms with E-state index in [1.807, 2.05) is 17.5 Å². The minimum Gasteiger partial charge on any atom is -0.386 e. The zero-order chi connectivity index (χ0) is 11.1. The maximum Gasteiger partial charge on any atom is 0.101 e. The molecule has 2 atom stereocenters. The Morgan fingerprint density at radius 1 is 1.67 bits per heavy atom. The van der Waals surface area contributed by atoms with Crippen molar-refractivity contribution in [2.45, 2.75) is 31.9 Å². The average Bonchev–Trinajstić information content (AvgIpc) is 2.77. The molecule has 0 aromatic carbocycles. The molecule has 1 heterocycles. The van der Waals surface area contributed by atoms with Crippen molar-refractivity contribution in [1.82, 2.24) is 5.32 Å². The van der Waals surface area contributed by atoms with Crippen LogP contribution < -0.4 is 5.32 Å². The van der Waals surface area contributed by atoms with E-state index < -0.39 is 6.10 Å². The molecule has 2 nitrogen and oxygen atoms in total. The van der Waals surface area contributed by atoms with Crippen LogP contribution in [0.25, 0.3) is 0 Å². The first-order valence-corrected chi connectivity index (χ1v) is 6.04. The smallest absolute Gasteiger partial charge is 0.101 e. The van der Waals surface area contributed by atoms with E-state index in [0.29, 0.717) is 19.0 Å². The third kappa shape index (κ3) is 4.05. The second-order valence-corrected chi connectivity index (χ2v) is 4.43. The first-order chi connectivity index (χ1) is 7.27. The minimum absolute atomic E-state index is 0.310. The maximum atomic E-state index is 9.82. The number of rotatable bonds is 6. The monoisotopic (exact) mass is 223 g/mol. The van der Waals surface area contributed by atoms with Crippen LogP contribution in [-0.2, 0) is 0 Å². The first-order valence-electron chi connectivity index (χ1n) is 5.16. The largest absolute Gasteiger partial charge is 0.386 e. The molecule has 0 radical (unpaired) electrons. The van der Waals surface area contributed by atoms with E-state index in [0.717, 1.165) is 11.3 Å².